The predicted octanol–water partition coefficient (Wildman–Crippen LogP) is 5.81. The summed E-state index contributed by atoms with van der Waals surface area (Å²) < 4.78 is 37.7. The standard InChI is InChI=1S/C19H22F3N/c1-13(2)3-12-18(23)16-6-4-14(5-7-16)15-8-10-17(11-9-15)19(20,21)22/h4-11,13,18H,3,12,23H2,1-2H3/t18-/m1/s1. The number of halogens is 3. The van der Waals surface area contributed by atoms with Crippen molar-refractivity contribution in [1.29, 1.82) is 0 Å². The summed E-state index contributed by atoms with van der Waals surface area (Å²) in [6, 6.07) is 12.9. The first kappa shape index (κ1) is 17.5. The quantitative estimate of drug-likeness (QED) is 0.739. The Bertz CT molecular complexity index is 613. The monoisotopic (exact) mass is 321 g/mol. The summed E-state index contributed by atoms with van der Waals surface area (Å²) >= 11 is 0. The molecule has 23 heavy (non-hydrogen) atoms. The second-order valence-corrected chi connectivity index (χ2v) is 6.27. The van der Waals surface area contributed by atoms with E-state index in [-0.39, 0.29) is 6.04 Å². The summed E-state index contributed by atoms with van der Waals surface area (Å²) in [7, 11) is 0. The average Bonchev–Trinajstić information content (AvgIpc) is 2.52. The van der Waals surface area contributed by atoms with Crippen LogP contribution in [0, 0.1) is 5.92 Å². The van der Waals surface area contributed by atoms with Gasteiger partial charge in [0.1, 0.15) is 0 Å². The number of nitrogens with two attached hydrogens (primary N) is 1. The van der Waals surface area contributed by atoms with Crippen LogP contribution < -0.4 is 5.73 Å². The van der Waals surface area contributed by atoms with Crippen LogP contribution in [0.1, 0.15) is 43.9 Å². The van der Waals surface area contributed by atoms with Gasteiger partial charge >= 0.3 is 6.18 Å². The Kier molecular flexibility index (Phi) is 5.47. The fraction of sp³-hybridized carbons (Fsp3) is 0.368. The highest BCUT2D eigenvalue weighted by Crippen LogP contribution is 2.31. The third kappa shape index (κ3) is 4.83. The van der Waals surface area contributed by atoms with Gasteiger partial charge in [-0.2, -0.15) is 13.2 Å². The van der Waals surface area contributed by atoms with Gasteiger partial charge in [-0.15, -0.1) is 0 Å². The minimum atomic E-state index is -4.30. The fourth-order valence-corrected chi connectivity index (χ4v) is 2.45. The average molecular weight is 321 g/mol. The molecule has 0 amide bonds. The molecule has 0 radical (unpaired) electrons. The van der Waals surface area contributed by atoms with Crippen LogP contribution in [0.5, 0.6) is 0 Å². The van der Waals surface area contributed by atoms with E-state index in [9.17, 15) is 13.2 Å². The highest BCUT2D eigenvalue weighted by molar-refractivity contribution is 5.64. The zero-order valence-electron chi connectivity index (χ0n) is 13.4. The van der Waals surface area contributed by atoms with E-state index in [1.165, 1.54) is 12.1 Å². The molecule has 0 heterocycles. The third-order valence-electron chi connectivity index (χ3n) is 3.94. The first-order chi connectivity index (χ1) is 10.8. The molecule has 1 atom stereocenters. The number of alkyl halides is 3. The smallest absolute Gasteiger partial charge is 0.324 e. The maximum absolute atomic E-state index is 12.6. The van der Waals surface area contributed by atoms with Gasteiger partial charge in [0, 0.05) is 6.04 Å². The molecule has 2 aromatic carbocycles. The first-order valence-electron chi connectivity index (χ1n) is 7.80. The fourth-order valence-electron chi connectivity index (χ4n) is 2.45. The molecular formula is C19H22F3N. The van der Waals surface area contributed by atoms with Gasteiger partial charge in [0.15, 0.2) is 0 Å². The van der Waals surface area contributed by atoms with E-state index in [1.54, 1.807) is 0 Å². The van der Waals surface area contributed by atoms with E-state index in [4.69, 9.17) is 5.73 Å². The van der Waals surface area contributed by atoms with Crippen LogP contribution in [0.4, 0.5) is 13.2 Å². The van der Waals surface area contributed by atoms with E-state index in [0.717, 1.165) is 41.7 Å². The Morgan fingerprint density at radius 3 is 1.74 bits per heavy atom. The molecule has 2 N–H and O–H groups in total. The minimum absolute atomic E-state index is 0.000875. The van der Waals surface area contributed by atoms with Gasteiger partial charge in [0.25, 0.3) is 0 Å². The summed E-state index contributed by atoms with van der Waals surface area (Å²) in [5.74, 6) is 0.618. The Morgan fingerprint density at radius 1 is 0.826 bits per heavy atom. The van der Waals surface area contributed by atoms with Crippen LogP contribution >= 0.6 is 0 Å². The van der Waals surface area contributed by atoms with Gasteiger partial charge in [-0.1, -0.05) is 50.2 Å². The lowest BCUT2D eigenvalue weighted by molar-refractivity contribution is -0.137. The second-order valence-electron chi connectivity index (χ2n) is 6.27. The van der Waals surface area contributed by atoms with Crippen molar-refractivity contribution >= 4 is 0 Å². The molecule has 0 aromatic heterocycles. The molecule has 0 aliphatic carbocycles. The van der Waals surface area contributed by atoms with Gasteiger partial charge in [-0.3, -0.25) is 0 Å². The van der Waals surface area contributed by atoms with Crippen molar-refractivity contribution in [3.63, 3.8) is 0 Å². The van der Waals surface area contributed by atoms with Crippen molar-refractivity contribution in [2.24, 2.45) is 11.7 Å². The maximum Gasteiger partial charge on any atom is 0.416 e. The van der Waals surface area contributed by atoms with Crippen LogP contribution in [0.15, 0.2) is 48.5 Å². The van der Waals surface area contributed by atoms with Gasteiger partial charge in [-0.25, -0.2) is 0 Å². The van der Waals surface area contributed by atoms with E-state index < -0.39 is 11.7 Å². The minimum Gasteiger partial charge on any atom is -0.324 e. The second kappa shape index (κ2) is 7.18. The Labute approximate surface area is 135 Å². The summed E-state index contributed by atoms with van der Waals surface area (Å²) in [6.07, 6.45) is -2.30. The van der Waals surface area contributed by atoms with Crippen LogP contribution in [-0.2, 0) is 6.18 Å². The number of hydrogen-bond acceptors (Lipinski definition) is 1. The molecule has 1 nitrogen and oxygen atoms in total. The van der Waals surface area contributed by atoms with Crippen molar-refractivity contribution in [3.05, 3.63) is 59.7 Å². The molecule has 0 bridgehead atoms. The van der Waals surface area contributed by atoms with E-state index in [2.05, 4.69) is 13.8 Å². The van der Waals surface area contributed by atoms with Crippen molar-refractivity contribution < 1.29 is 13.2 Å². The summed E-state index contributed by atoms with van der Waals surface area (Å²) in [6.45, 7) is 4.33. The van der Waals surface area contributed by atoms with Gasteiger partial charge in [-0.05, 0) is 47.6 Å². The highest BCUT2D eigenvalue weighted by atomic mass is 19.4. The van der Waals surface area contributed by atoms with Crippen molar-refractivity contribution in [1.82, 2.24) is 0 Å². The van der Waals surface area contributed by atoms with E-state index in [1.807, 2.05) is 24.3 Å². The van der Waals surface area contributed by atoms with Crippen molar-refractivity contribution in [3.8, 4) is 11.1 Å². The Balaban J connectivity index is 2.10. The lowest BCUT2D eigenvalue weighted by Crippen LogP contribution is -2.11. The van der Waals surface area contributed by atoms with Crippen LogP contribution in [-0.4, -0.2) is 0 Å². The first-order valence-corrected chi connectivity index (χ1v) is 7.80. The molecule has 0 aliphatic rings. The molecule has 0 aliphatic heterocycles. The predicted molar refractivity (Wildman–Crippen MR) is 87.9 cm³/mol. The highest BCUT2D eigenvalue weighted by Gasteiger charge is 2.29. The van der Waals surface area contributed by atoms with Gasteiger partial charge < -0.3 is 5.73 Å². The van der Waals surface area contributed by atoms with Gasteiger partial charge in [0.2, 0.25) is 0 Å². The molecule has 2 aromatic rings. The SMILES string of the molecule is CC(C)CC[C@@H](N)c1ccc(-c2ccc(C(F)(F)F)cc2)cc1. The van der Waals surface area contributed by atoms with Crippen molar-refractivity contribution in [2.45, 2.75) is 38.9 Å². The Hall–Kier alpha value is -1.81. The van der Waals surface area contributed by atoms with Crippen LogP contribution in [0.2, 0.25) is 0 Å². The maximum atomic E-state index is 12.6. The third-order valence-corrected chi connectivity index (χ3v) is 3.94. The molecule has 0 saturated carbocycles. The molecule has 4 heteroatoms. The molecule has 0 unspecified atom stereocenters. The Morgan fingerprint density at radius 2 is 1.30 bits per heavy atom. The number of hydrogen-bond donors (Lipinski definition) is 1. The summed E-state index contributed by atoms with van der Waals surface area (Å²) in [4.78, 5) is 0. The van der Waals surface area contributed by atoms with E-state index in [0.29, 0.717) is 5.92 Å². The zero-order chi connectivity index (χ0) is 17.0. The molecule has 2 rings (SSSR count). The number of benzene rings is 2. The zero-order valence-corrected chi connectivity index (χ0v) is 13.4. The number of rotatable bonds is 5. The molecule has 0 fully saturated rings. The van der Waals surface area contributed by atoms with Crippen molar-refractivity contribution in [2.75, 3.05) is 0 Å². The largest absolute Gasteiger partial charge is 0.416 e. The normalized spacial score (nSPS) is 13.3. The van der Waals surface area contributed by atoms with E-state index >= 15 is 0 Å². The van der Waals surface area contributed by atoms with Gasteiger partial charge in [0.05, 0.1) is 5.56 Å². The summed E-state index contributed by atoms with van der Waals surface area (Å²) in [5, 5.41) is 0. The molecular weight excluding hydrogens is 299 g/mol. The molecule has 0 saturated heterocycles. The molecule has 124 valence electrons. The van der Waals surface area contributed by atoms with Crippen LogP contribution in [0.25, 0.3) is 11.1 Å². The topological polar surface area (TPSA) is 26.0 Å². The molecule has 0 spiro atoms. The van der Waals surface area contributed by atoms with Crippen LogP contribution in [0.3, 0.4) is 0 Å². The lowest BCUT2D eigenvalue weighted by atomic mass is 9.96. The lowest BCUT2D eigenvalue weighted by Gasteiger charge is -2.14. The summed E-state index contributed by atoms with van der Waals surface area (Å²) in [5.41, 5.74) is 8.25.